The van der Waals surface area contributed by atoms with Crippen molar-refractivity contribution in [1.29, 1.82) is 0 Å². The number of carbonyl (C=O) groups is 1. The molecule has 0 aliphatic rings. The number of carbonyl (C=O) groups excluding carboxylic acids is 1. The van der Waals surface area contributed by atoms with Crippen LogP contribution >= 0.6 is 15.9 Å². The summed E-state index contributed by atoms with van der Waals surface area (Å²) in [6.45, 7) is 3.69. The molecule has 0 bridgehead atoms. The van der Waals surface area contributed by atoms with Gasteiger partial charge in [0.15, 0.2) is 0 Å². The van der Waals surface area contributed by atoms with Gasteiger partial charge >= 0.3 is 5.97 Å². The lowest BCUT2D eigenvalue weighted by Crippen LogP contribution is -2.11. The third-order valence-corrected chi connectivity index (χ3v) is 3.12. The normalized spacial score (nSPS) is 10.8. The molecule has 0 fully saturated rings. The highest BCUT2D eigenvalue weighted by Gasteiger charge is 2.13. The van der Waals surface area contributed by atoms with Crippen molar-refractivity contribution in [2.75, 3.05) is 0 Å². The molecular weight excluding hydrogens is 280 g/mol. The Bertz CT molecular complexity index is 561. The van der Waals surface area contributed by atoms with Gasteiger partial charge in [0.2, 0.25) is 0 Å². The molecule has 0 atom stereocenters. The van der Waals surface area contributed by atoms with Crippen LogP contribution in [0.5, 0.6) is 0 Å². The Labute approximate surface area is 109 Å². The fraction of sp³-hybridized carbons (Fsp3) is 0.214. The van der Waals surface area contributed by atoms with Crippen LogP contribution in [0.15, 0.2) is 40.9 Å². The smallest absolute Gasteiger partial charge is 0.339 e. The number of hydrogen-bond acceptors (Lipinski definition) is 2. The maximum atomic E-state index is 11.9. The van der Waals surface area contributed by atoms with E-state index in [1.807, 2.05) is 44.2 Å². The maximum Gasteiger partial charge on any atom is 0.339 e. The zero-order valence-electron chi connectivity index (χ0n) is 9.74. The largest absolute Gasteiger partial charge is 0.459 e. The molecule has 2 aromatic carbocycles. The summed E-state index contributed by atoms with van der Waals surface area (Å²) in [6, 6.07) is 11.4. The number of hydrogen-bond donors (Lipinski definition) is 0. The van der Waals surface area contributed by atoms with Crippen LogP contribution in [0.25, 0.3) is 10.8 Å². The molecule has 0 heterocycles. The van der Waals surface area contributed by atoms with E-state index in [2.05, 4.69) is 15.9 Å². The van der Waals surface area contributed by atoms with Gasteiger partial charge < -0.3 is 4.74 Å². The minimum atomic E-state index is -0.274. The van der Waals surface area contributed by atoms with Crippen LogP contribution in [0.3, 0.4) is 0 Å². The molecule has 0 saturated heterocycles. The van der Waals surface area contributed by atoms with Crippen molar-refractivity contribution in [2.24, 2.45) is 0 Å². The summed E-state index contributed by atoms with van der Waals surface area (Å²) in [5, 5.41) is 1.93. The highest BCUT2D eigenvalue weighted by atomic mass is 79.9. The molecular formula is C14H13BrO2. The van der Waals surface area contributed by atoms with Gasteiger partial charge in [0.25, 0.3) is 0 Å². The van der Waals surface area contributed by atoms with E-state index in [0.717, 1.165) is 15.2 Å². The van der Waals surface area contributed by atoms with Gasteiger partial charge in [0.1, 0.15) is 0 Å². The summed E-state index contributed by atoms with van der Waals surface area (Å²) >= 11 is 3.48. The van der Waals surface area contributed by atoms with Crippen LogP contribution in [0, 0.1) is 0 Å². The average Bonchev–Trinajstić information content (AvgIpc) is 2.28. The second-order valence-corrected chi connectivity index (χ2v) is 4.95. The summed E-state index contributed by atoms with van der Waals surface area (Å²) in [6.07, 6.45) is -0.107. The van der Waals surface area contributed by atoms with E-state index >= 15 is 0 Å². The van der Waals surface area contributed by atoms with Crippen LogP contribution in [-0.4, -0.2) is 12.1 Å². The second-order valence-electron chi connectivity index (χ2n) is 4.09. The van der Waals surface area contributed by atoms with E-state index in [1.54, 1.807) is 6.07 Å². The highest BCUT2D eigenvalue weighted by molar-refractivity contribution is 9.10. The van der Waals surface area contributed by atoms with Gasteiger partial charge in [-0.2, -0.15) is 0 Å². The van der Waals surface area contributed by atoms with Crippen LogP contribution in [0.1, 0.15) is 24.2 Å². The Balaban J connectivity index is 2.55. The Hall–Kier alpha value is -1.35. The van der Waals surface area contributed by atoms with Crippen molar-refractivity contribution < 1.29 is 9.53 Å². The Kier molecular flexibility index (Phi) is 3.48. The van der Waals surface area contributed by atoms with Crippen LogP contribution < -0.4 is 0 Å². The molecule has 0 amide bonds. The lowest BCUT2D eigenvalue weighted by atomic mass is 10.0. The van der Waals surface area contributed by atoms with Gasteiger partial charge in [-0.05, 0) is 36.8 Å². The lowest BCUT2D eigenvalue weighted by Gasteiger charge is -2.10. The molecule has 0 spiro atoms. The Morgan fingerprint density at radius 3 is 2.47 bits per heavy atom. The molecule has 0 unspecified atom stereocenters. The summed E-state index contributed by atoms with van der Waals surface area (Å²) in [5.74, 6) is -0.274. The second kappa shape index (κ2) is 4.88. The number of fused-ring (bicyclic) bond motifs is 1. The summed E-state index contributed by atoms with van der Waals surface area (Å²) in [5.41, 5.74) is 0.609. The van der Waals surface area contributed by atoms with Crippen molar-refractivity contribution in [3.05, 3.63) is 46.4 Å². The van der Waals surface area contributed by atoms with E-state index < -0.39 is 0 Å². The van der Waals surface area contributed by atoms with Crippen LogP contribution in [0.2, 0.25) is 0 Å². The van der Waals surface area contributed by atoms with Crippen molar-refractivity contribution in [3.8, 4) is 0 Å². The van der Waals surface area contributed by atoms with E-state index in [0.29, 0.717) is 5.56 Å². The number of esters is 1. The third kappa shape index (κ3) is 2.50. The minimum Gasteiger partial charge on any atom is -0.459 e. The molecule has 3 heteroatoms. The molecule has 2 rings (SSSR count). The van der Waals surface area contributed by atoms with Gasteiger partial charge in [0.05, 0.1) is 11.7 Å². The van der Waals surface area contributed by atoms with E-state index in [9.17, 15) is 4.79 Å². The molecule has 0 aliphatic heterocycles. The van der Waals surface area contributed by atoms with E-state index in [-0.39, 0.29) is 12.1 Å². The minimum absolute atomic E-state index is 0.107. The molecule has 2 nitrogen and oxygen atoms in total. The zero-order chi connectivity index (χ0) is 12.4. The fourth-order valence-corrected chi connectivity index (χ4v) is 2.23. The zero-order valence-corrected chi connectivity index (χ0v) is 11.3. The molecule has 0 N–H and O–H groups in total. The monoisotopic (exact) mass is 292 g/mol. The Morgan fingerprint density at radius 2 is 1.76 bits per heavy atom. The van der Waals surface area contributed by atoms with E-state index in [4.69, 9.17) is 4.74 Å². The first-order chi connectivity index (χ1) is 8.09. The van der Waals surface area contributed by atoms with Gasteiger partial charge in [-0.25, -0.2) is 4.79 Å². The van der Waals surface area contributed by atoms with Gasteiger partial charge in [-0.15, -0.1) is 0 Å². The third-order valence-electron chi connectivity index (χ3n) is 2.43. The molecule has 0 saturated carbocycles. The molecule has 0 aliphatic carbocycles. The standard InChI is InChI=1S/C14H13BrO2/c1-9(2)17-14(16)12-7-3-6-11-10(12)5-4-8-13(11)15/h3-9H,1-2H3. The summed E-state index contributed by atoms with van der Waals surface area (Å²) in [4.78, 5) is 11.9. The van der Waals surface area contributed by atoms with Gasteiger partial charge in [0, 0.05) is 4.47 Å². The van der Waals surface area contributed by atoms with Gasteiger partial charge in [-0.3, -0.25) is 0 Å². The molecule has 2 aromatic rings. The Morgan fingerprint density at radius 1 is 1.12 bits per heavy atom. The molecule has 0 radical (unpaired) electrons. The highest BCUT2D eigenvalue weighted by Crippen LogP contribution is 2.26. The van der Waals surface area contributed by atoms with E-state index in [1.165, 1.54) is 0 Å². The quantitative estimate of drug-likeness (QED) is 0.777. The van der Waals surface area contributed by atoms with Gasteiger partial charge in [-0.1, -0.05) is 40.2 Å². The number of ether oxygens (including phenoxy) is 1. The van der Waals surface area contributed by atoms with Crippen LogP contribution in [0.4, 0.5) is 0 Å². The summed E-state index contributed by atoms with van der Waals surface area (Å²) < 4.78 is 6.21. The molecule has 88 valence electrons. The topological polar surface area (TPSA) is 26.3 Å². The van der Waals surface area contributed by atoms with Crippen molar-refractivity contribution >= 4 is 32.7 Å². The fourth-order valence-electron chi connectivity index (χ4n) is 1.73. The SMILES string of the molecule is CC(C)OC(=O)c1cccc2c(Br)cccc12. The van der Waals surface area contributed by atoms with Crippen molar-refractivity contribution in [1.82, 2.24) is 0 Å². The lowest BCUT2D eigenvalue weighted by molar-refractivity contribution is 0.0380. The predicted octanol–water partition coefficient (Wildman–Crippen LogP) is 4.17. The molecule has 0 aromatic heterocycles. The number of benzene rings is 2. The van der Waals surface area contributed by atoms with Crippen molar-refractivity contribution in [3.63, 3.8) is 0 Å². The van der Waals surface area contributed by atoms with Crippen LogP contribution in [-0.2, 0) is 4.74 Å². The first kappa shape index (κ1) is 12.1. The average molecular weight is 293 g/mol. The summed E-state index contributed by atoms with van der Waals surface area (Å²) in [7, 11) is 0. The molecule has 17 heavy (non-hydrogen) atoms. The maximum absolute atomic E-state index is 11.9. The number of halogens is 1. The van der Waals surface area contributed by atoms with Crippen molar-refractivity contribution in [2.45, 2.75) is 20.0 Å². The number of rotatable bonds is 2. The first-order valence-electron chi connectivity index (χ1n) is 5.48. The predicted molar refractivity (Wildman–Crippen MR) is 72.2 cm³/mol. The first-order valence-corrected chi connectivity index (χ1v) is 6.27.